The quantitative estimate of drug-likeness (QED) is 0.609. The van der Waals surface area contributed by atoms with Gasteiger partial charge in [-0.3, -0.25) is 14.9 Å². The molecule has 1 aromatic carbocycles. The van der Waals surface area contributed by atoms with Crippen LogP contribution in [0.1, 0.15) is 21.9 Å². The van der Waals surface area contributed by atoms with Gasteiger partial charge in [-0.2, -0.15) is 13.2 Å². The Bertz CT molecular complexity index is 1130. The van der Waals surface area contributed by atoms with Crippen LogP contribution < -0.4 is 10.2 Å². The third kappa shape index (κ3) is 5.64. The summed E-state index contributed by atoms with van der Waals surface area (Å²) < 4.78 is 38.9. The van der Waals surface area contributed by atoms with Gasteiger partial charge in [-0.25, -0.2) is 15.0 Å². The number of thiazole rings is 1. The second kappa shape index (κ2) is 9.53. The molecule has 1 saturated heterocycles. The maximum Gasteiger partial charge on any atom is 0.416 e. The van der Waals surface area contributed by atoms with Crippen LogP contribution in [0, 0.1) is 0 Å². The fourth-order valence-corrected chi connectivity index (χ4v) is 4.08. The molecule has 8 nitrogen and oxygen atoms in total. The van der Waals surface area contributed by atoms with E-state index in [-0.39, 0.29) is 18.2 Å². The van der Waals surface area contributed by atoms with Gasteiger partial charge < -0.3 is 9.80 Å². The number of nitrogens with one attached hydrogen (secondary N) is 1. The molecule has 1 fully saturated rings. The number of aromatic nitrogens is 3. The molecule has 0 spiro atoms. The predicted octanol–water partition coefficient (Wildman–Crippen LogP) is 3.10. The van der Waals surface area contributed by atoms with Gasteiger partial charge >= 0.3 is 6.18 Å². The minimum atomic E-state index is -4.40. The van der Waals surface area contributed by atoms with Gasteiger partial charge in [0.15, 0.2) is 5.13 Å². The summed E-state index contributed by atoms with van der Waals surface area (Å²) in [5.74, 6) is -0.606. The Morgan fingerprint density at radius 2 is 1.79 bits per heavy atom. The molecule has 0 saturated carbocycles. The van der Waals surface area contributed by atoms with Crippen molar-refractivity contribution in [1.82, 2.24) is 19.9 Å². The van der Waals surface area contributed by atoms with E-state index in [1.165, 1.54) is 29.8 Å². The summed E-state index contributed by atoms with van der Waals surface area (Å²) in [4.78, 5) is 40.3. The molecule has 1 N–H and O–H groups in total. The first-order valence-corrected chi connectivity index (χ1v) is 10.9. The van der Waals surface area contributed by atoms with Crippen LogP contribution in [0.5, 0.6) is 0 Å². The number of anilines is 2. The van der Waals surface area contributed by atoms with Crippen molar-refractivity contribution < 1.29 is 22.8 Å². The summed E-state index contributed by atoms with van der Waals surface area (Å²) in [5.41, 5.74) is 0.317. The molecule has 1 aliphatic heterocycles. The van der Waals surface area contributed by atoms with Crippen LogP contribution in [0.25, 0.3) is 0 Å². The molecule has 33 heavy (non-hydrogen) atoms. The zero-order valence-electron chi connectivity index (χ0n) is 17.2. The van der Waals surface area contributed by atoms with Crippen molar-refractivity contribution in [2.24, 2.45) is 0 Å². The standard InChI is InChI=1S/C21H19F3N6O2S/c22-21(23,24)14-3-1-4-16(11-14)29-7-9-30(10-8-29)17(31)12-15-13-33-20(27-15)28-19(32)18-25-5-2-6-26-18/h1-6,11,13H,7-10,12H2,(H,27,28,32). The van der Waals surface area contributed by atoms with E-state index in [2.05, 4.69) is 20.3 Å². The highest BCUT2D eigenvalue weighted by molar-refractivity contribution is 7.14. The summed E-state index contributed by atoms with van der Waals surface area (Å²) in [7, 11) is 0. The number of carbonyl (C=O) groups is 2. The zero-order valence-corrected chi connectivity index (χ0v) is 18.1. The molecule has 4 rings (SSSR count). The molecule has 1 aliphatic rings. The highest BCUT2D eigenvalue weighted by Gasteiger charge is 2.31. The van der Waals surface area contributed by atoms with Gasteiger partial charge in [0.25, 0.3) is 5.91 Å². The van der Waals surface area contributed by atoms with Crippen LogP contribution in [0.3, 0.4) is 0 Å². The van der Waals surface area contributed by atoms with Gasteiger partial charge in [0.2, 0.25) is 11.7 Å². The van der Waals surface area contributed by atoms with Crippen molar-refractivity contribution >= 4 is 34.0 Å². The van der Waals surface area contributed by atoms with E-state index >= 15 is 0 Å². The highest BCUT2D eigenvalue weighted by Crippen LogP contribution is 2.32. The van der Waals surface area contributed by atoms with E-state index in [1.807, 2.05) is 4.90 Å². The summed E-state index contributed by atoms with van der Waals surface area (Å²) in [6.07, 6.45) is -1.41. The van der Waals surface area contributed by atoms with E-state index in [1.54, 1.807) is 22.4 Å². The third-order valence-electron chi connectivity index (χ3n) is 5.04. The molecular formula is C21H19F3N6O2S. The molecule has 172 valence electrons. The van der Waals surface area contributed by atoms with E-state index in [9.17, 15) is 22.8 Å². The summed E-state index contributed by atoms with van der Waals surface area (Å²) in [5, 5.41) is 4.63. The second-order valence-electron chi connectivity index (χ2n) is 7.26. The Balaban J connectivity index is 1.30. The van der Waals surface area contributed by atoms with Crippen LogP contribution in [-0.4, -0.2) is 57.8 Å². The number of amides is 2. The monoisotopic (exact) mass is 476 g/mol. The van der Waals surface area contributed by atoms with Crippen molar-refractivity contribution in [1.29, 1.82) is 0 Å². The first kappa shape index (κ1) is 22.6. The molecule has 0 radical (unpaired) electrons. The fraction of sp³-hybridized carbons (Fsp3) is 0.286. The average Bonchev–Trinajstić information content (AvgIpc) is 3.25. The van der Waals surface area contributed by atoms with Crippen LogP contribution in [0.2, 0.25) is 0 Å². The Labute approximate surface area is 191 Å². The minimum Gasteiger partial charge on any atom is -0.368 e. The van der Waals surface area contributed by atoms with Gasteiger partial charge in [-0.1, -0.05) is 6.07 Å². The van der Waals surface area contributed by atoms with Crippen LogP contribution in [0.15, 0.2) is 48.1 Å². The lowest BCUT2D eigenvalue weighted by Gasteiger charge is -2.36. The summed E-state index contributed by atoms with van der Waals surface area (Å²) in [6, 6.07) is 6.80. The fourth-order valence-electron chi connectivity index (χ4n) is 3.37. The topological polar surface area (TPSA) is 91.3 Å². The van der Waals surface area contributed by atoms with Crippen molar-refractivity contribution in [3.8, 4) is 0 Å². The second-order valence-corrected chi connectivity index (χ2v) is 8.12. The van der Waals surface area contributed by atoms with Crippen molar-refractivity contribution in [2.75, 3.05) is 36.4 Å². The molecule has 3 heterocycles. The molecule has 12 heteroatoms. The van der Waals surface area contributed by atoms with Gasteiger partial charge in [-0.05, 0) is 24.3 Å². The van der Waals surface area contributed by atoms with Crippen molar-refractivity contribution in [2.45, 2.75) is 12.6 Å². The third-order valence-corrected chi connectivity index (χ3v) is 5.85. The summed E-state index contributed by atoms with van der Waals surface area (Å²) >= 11 is 1.19. The number of rotatable bonds is 5. The van der Waals surface area contributed by atoms with Gasteiger partial charge in [0.05, 0.1) is 17.7 Å². The number of alkyl halides is 3. The predicted molar refractivity (Wildman–Crippen MR) is 116 cm³/mol. The molecule has 3 aromatic rings. The molecule has 0 aliphatic carbocycles. The SMILES string of the molecule is O=C(Nc1nc(CC(=O)N2CCN(c3cccc(C(F)(F)F)c3)CC2)cs1)c1ncccn1. The lowest BCUT2D eigenvalue weighted by molar-refractivity contribution is -0.137. The van der Waals surface area contributed by atoms with Crippen LogP contribution >= 0.6 is 11.3 Å². The smallest absolute Gasteiger partial charge is 0.368 e. The summed E-state index contributed by atoms with van der Waals surface area (Å²) in [6.45, 7) is 1.66. The zero-order chi connectivity index (χ0) is 23.4. The average molecular weight is 476 g/mol. The number of piperazine rings is 1. The van der Waals surface area contributed by atoms with E-state index in [4.69, 9.17) is 0 Å². The van der Waals surface area contributed by atoms with Crippen LogP contribution in [-0.2, 0) is 17.4 Å². The van der Waals surface area contributed by atoms with E-state index in [0.29, 0.717) is 42.7 Å². The lowest BCUT2D eigenvalue weighted by atomic mass is 10.1. The Hall–Kier alpha value is -3.54. The molecular weight excluding hydrogens is 457 g/mol. The number of nitrogens with zero attached hydrogens (tertiary/aromatic N) is 5. The molecule has 2 amide bonds. The lowest BCUT2D eigenvalue weighted by Crippen LogP contribution is -2.49. The molecule has 2 aromatic heterocycles. The number of hydrogen-bond donors (Lipinski definition) is 1. The van der Waals surface area contributed by atoms with Crippen molar-refractivity contribution in [3.05, 3.63) is 65.2 Å². The van der Waals surface area contributed by atoms with Crippen molar-refractivity contribution in [3.63, 3.8) is 0 Å². The molecule has 0 atom stereocenters. The molecule has 0 bridgehead atoms. The minimum absolute atomic E-state index is 0.0176. The van der Waals surface area contributed by atoms with Gasteiger partial charge in [0, 0.05) is 49.6 Å². The first-order valence-electron chi connectivity index (χ1n) is 10.0. The first-order chi connectivity index (χ1) is 15.8. The Morgan fingerprint density at radius 1 is 1.06 bits per heavy atom. The van der Waals surface area contributed by atoms with Gasteiger partial charge in [-0.15, -0.1) is 11.3 Å². The number of hydrogen-bond acceptors (Lipinski definition) is 7. The Morgan fingerprint density at radius 3 is 2.48 bits per heavy atom. The number of benzene rings is 1. The maximum atomic E-state index is 13.0. The van der Waals surface area contributed by atoms with Gasteiger partial charge in [0.1, 0.15) is 0 Å². The highest BCUT2D eigenvalue weighted by atomic mass is 32.1. The van der Waals surface area contributed by atoms with E-state index < -0.39 is 17.6 Å². The normalized spacial score (nSPS) is 14.3. The molecule has 0 unspecified atom stereocenters. The van der Waals surface area contributed by atoms with Crippen LogP contribution in [0.4, 0.5) is 24.0 Å². The largest absolute Gasteiger partial charge is 0.416 e. The number of carbonyl (C=O) groups excluding carboxylic acids is 2. The number of halogens is 3. The Kier molecular flexibility index (Phi) is 6.54. The van der Waals surface area contributed by atoms with E-state index in [0.717, 1.165) is 12.1 Å². The maximum absolute atomic E-state index is 13.0.